The predicted octanol–water partition coefficient (Wildman–Crippen LogP) is 3.73. The Morgan fingerprint density at radius 3 is 2.90 bits per heavy atom. The Kier molecular flexibility index (Phi) is 3.81. The van der Waals surface area contributed by atoms with Crippen LogP contribution in [0.4, 0.5) is 0 Å². The van der Waals surface area contributed by atoms with E-state index in [1.165, 1.54) is 5.82 Å². The highest BCUT2D eigenvalue weighted by molar-refractivity contribution is 6.31. The molecule has 3 rings (SSSR count). The lowest BCUT2D eigenvalue weighted by Gasteiger charge is -2.23. The van der Waals surface area contributed by atoms with Crippen molar-refractivity contribution in [3.8, 4) is 0 Å². The summed E-state index contributed by atoms with van der Waals surface area (Å²) in [6.45, 7) is 9.09. The van der Waals surface area contributed by atoms with Gasteiger partial charge in [0.2, 0.25) is 0 Å². The highest BCUT2D eigenvalue weighted by Gasteiger charge is 2.22. The summed E-state index contributed by atoms with van der Waals surface area (Å²) in [5.41, 5.74) is 3.30. The van der Waals surface area contributed by atoms with Crippen molar-refractivity contribution >= 4 is 22.6 Å². The third kappa shape index (κ3) is 2.60. The Labute approximate surface area is 124 Å². The molecule has 0 aliphatic carbocycles. The minimum absolute atomic E-state index is 0.529. The number of aromatic nitrogens is 2. The van der Waals surface area contributed by atoms with E-state index in [2.05, 4.69) is 29.5 Å². The Balaban J connectivity index is 2.10. The highest BCUT2D eigenvalue weighted by atomic mass is 35.5. The number of imidazole rings is 1. The average Bonchev–Trinajstić information content (AvgIpc) is 2.77. The van der Waals surface area contributed by atoms with Crippen LogP contribution >= 0.6 is 11.6 Å². The minimum atomic E-state index is 0.529. The van der Waals surface area contributed by atoms with Gasteiger partial charge in [-0.15, -0.1) is 0 Å². The van der Waals surface area contributed by atoms with Gasteiger partial charge in [0.15, 0.2) is 0 Å². The van der Waals surface area contributed by atoms with E-state index in [9.17, 15) is 0 Å². The fourth-order valence-electron chi connectivity index (χ4n) is 2.95. The number of rotatable bonds is 3. The second-order valence-electron chi connectivity index (χ2n) is 5.67. The maximum Gasteiger partial charge on any atom is 0.113 e. The summed E-state index contributed by atoms with van der Waals surface area (Å²) in [5.74, 6) is 1.72. The first-order chi connectivity index (χ1) is 9.65. The molecule has 0 saturated carbocycles. The fourth-order valence-corrected chi connectivity index (χ4v) is 3.12. The monoisotopic (exact) mass is 289 g/mol. The third-order valence-corrected chi connectivity index (χ3v) is 4.11. The largest absolute Gasteiger partial charge is 0.324 e. The molecule has 1 aliphatic rings. The van der Waals surface area contributed by atoms with E-state index in [0.29, 0.717) is 5.92 Å². The van der Waals surface area contributed by atoms with Crippen molar-refractivity contribution in [2.24, 2.45) is 0 Å². The Morgan fingerprint density at radius 1 is 1.45 bits per heavy atom. The van der Waals surface area contributed by atoms with Gasteiger partial charge in [0.1, 0.15) is 5.82 Å². The molecule has 0 amide bonds. The number of hydrogen-bond donors (Lipinski definition) is 1. The van der Waals surface area contributed by atoms with Gasteiger partial charge < -0.3 is 9.88 Å². The van der Waals surface area contributed by atoms with Crippen LogP contribution in [-0.4, -0.2) is 22.6 Å². The maximum absolute atomic E-state index is 6.09. The van der Waals surface area contributed by atoms with Crippen LogP contribution in [0.5, 0.6) is 0 Å². The molecule has 106 valence electrons. The van der Waals surface area contributed by atoms with E-state index in [4.69, 9.17) is 16.6 Å². The van der Waals surface area contributed by atoms with E-state index < -0.39 is 0 Å². The van der Waals surface area contributed by atoms with Crippen LogP contribution in [0.1, 0.15) is 31.5 Å². The highest BCUT2D eigenvalue weighted by Crippen LogP contribution is 2.29. The molecule has 0 atom stereocenters. The standard InChI is InChI=1S/C16H20ClN3/c1-11(2)10-20-15-4-3-13(17)9-14(15)19-16(20)12-5-7-18-8-6-12/h3-4,9,12,18H,1,5-8,10H2,2H3. The summed E-state index contributed by atoms with van der Waals surface area (Å²) >= 11 is 6.09. The molecule has 1 aromatic carbocycles. The molecular formula is C16H20ClN3. The van der Waals surface area contributed by atoms with Gasteiger partial charge in [-0.25, -0.2) is 4.98 Å². The smallest absolute Gasteiger partial charge is 0.113 e. The maximum atomic E-state index is 6.09. The zero-order valence-electron chi connectivity index (χ0n) is 11.8. The van der Waals surface area contributed by atoms with Crippen molar-refractivity contribution in [3.05, 3.63) is 41.2 Å². The van der Waals surface area contributed by atoms with Crippen molar-refractivity contribution in [1.29, 1.82) is 0 Å². The Hall–Kier alpha value is -1.32. The number of benzene rings is 1. The Morgan fingerprint density at radius 2 is 2.20 bits per heavy atom. The molecule has 0 unspecified atom stereocenters. The number of allylic oxidation sites excluding steroid dienone is 1. The van der Waals surface area contributed by atoms with Crippen molar-refractivity contribution in [2.75, 3.05) is 13.1 Å². The quantitative estimate of drug-likeness (QED) is 0.873. The molecule has 4 heteroatoms. The van der Waals surface area contributed by atoms with Crippen LogP contribution in [-0.2, 0) is 6.54 Å². The average molecular weight is 290 g/mol. The number of nitrogens with one attached hydrogen (secondary N) is 1. The zero-order chi connectivity index (χ0) is 14.1. The number of fused-ring (bicyclic) bond motifs is 1. The van der Waals surface area contributed by atoms with Gasteiger partial charge in [0.05, 0.1) is 11.0 Å². The molecule has 1 aromatic heterocycles. The van der Waals surface area contributed by atoms with Crippen LogP contribution in [0.3, 0.4) is 0 Å². The van der Waals surface area contributed by atoms with Crippen LogP contribution in [0.2, 0.25) is 5.02 Å². The molecule has 1 N–H and O–H groups in total. The number of piperidine rings is 1. The molecule has 3 nitrogen and oxygen atoms in total. The van der Waals surface area contributed by atoms with Crippen LogP contribution in [0.25, 0.3) is 11.0 Å². The molecule has 1 fully saturated rings. The second kappa shape index (κ2) is 5.58. The zero-order valence-corrected chi connectivity index (χ0v) is 12.6. The van der Waals surface area contributed by atoms with Crippen molar-refractivity contribution in [1.82, 2.24) is 14.9 Å². The molecular weight excluding hydrogens is 270 g/mol. The lowest BCUT2D eigenvalue weighted by Crippen LogP contribution is -2.28. The van der Waals surface area contributed by atoms with Gasteiger partial charge in [-0.05, 0) is 51.1 Å². The molecule has 20 heavy (non-hydrogen) atoms. The molecule has 0 spiro atoms. The van der Waals surface area contributed by atoms with Crippen molar-refractivity contribution in [3.63, 3.8) is 0 Å². The summed E-state index contributed by atoms with van der Waals surface area (Å²) in [6, 6.07) is 5.96. The first kappa shape index (κ1) is 13.7. The van der Waals surface area contributed by atoms with Crippen LogP contribution in [0, 0.1) is 0 Å². The molecule has 2 aromatic rings. The molecule has 0 bridgehead atoms. The van der Waals surface area contributed by atoms with Crippen LogP contribution < -0.4 is 5.32 Å². The van der Waals surface area contributed by atoms with Gasteiger partial charge in [-0.1, -0.05) is 23.8 Å². The van der Waals surface area contributed by atoms with Gasteiger partial charge >= 0.3 is 0 Å². The first-order valence-corrected chi connectivity index (χ1v) is 7.54. The van der Waals surface area contributed by atoms with Crippen molar-refractivity contribution < 1.29 is 0 Å². The second-order valence-corrected chi connectivity index (χ2v) is 6.11. The summed E-state index contributed by atoms with van der Waals surface area (Å²) in [6.07, 6.45) is 2.29. The number of halogens is 1. The van der Waals surface area contributed by atoms with Gasteiger partial charge in [0.25, 0.3) is 0 Å². The minimum Gasteiger partial charge on any atom is -0.324 e. The van der Waals surface area contributed by atoms with Crippen molar-refractivity contribution in [2.45, 2.75) is 32.2 Å². The van der Waals surface area contributed by atoms with E-state index >= 15 is 0 Å². The molecule has 1 saturated heterocycles. The first-order valence-electron chi connectivity index (χ1n) is 7.16. The molecule has 0 radical (unpaired) electrons. The lowest BCUT2D eigenvalue weighted by molar-refractivity contribution is 0.435. The topological polar surface area (TPSA) is 29.9 Å². The Bertz CT molecular complexity index is 638. The molecule has 2 heterocycles. The summed E-state index contributed by atoms with van der Waals surface area (Å²) < 4.78 is 2.31. The fraction of sp³-hybridized carbons (Fsp3) is 0.438. The SMILES string of the molecule is C=C(C)Cn1c(C2CCNCC2)nc2cc(Cl)ccc21. The van der Waals surface area contributed by atoms with Gasteiger partial charge in [-0.3, -0.25) is 0 Å². The summed E-state index contributed by atoms with van der Waals surface area (Å²) in [5, 5.41) is 4.16. The van der Waals surface area contributed by atoms with E-state index in [-0.39, 0.29) is 0 Å². The summed E-state index contributed by atoms with van der Waals surface area (Å²) in [4.78, 5) is 4.86. The van der Waals surface area contributed by atoms with E-state index in [0.717, 1.165) is 54.1 Å². The lowest BCUT2D eigenvalue weighted by atomic mass is 9.97. The number of nitrogens with zero attached hydrogens (tertiary/aromatic N) is 2. The van der Waals surface area contributed by atoms with Crippen LogP contribution in [0.15, 0.2) is 30.4 Å². The van der Waals surface area contributed by atoms with E-state index in [1.807, 2.05) is 12.1 Å². The number of hydrogen-bond acceptors (Lipinski definition) is 2. The van der Waals surface area contributed by atoms with E-state index in [1.54, 1.807) is 0 Å². The predicted molar refractivity (Wildman–Crippen MR) is 84.4 cm³/mol. The summed E-state index contributed by atoms with van der Waals surface area (Å²) in [7, 11) is 0. The van der Waals surface area contributed by atoms with Gasteiger partial charge in [0, 0.05) is 17.5 Å². The third-order valence-electron chi connectivity index (χ3n) is 3.87. The van der Waals surface area contributed by atoms with Gasteiger partial charge in [-0.2, -0.15) is 0 Å². The normalized spacial score (nSPS) is 16.7. The molecule has 1 aliphatic heterocycles.